The second-order valence-electron chi connectivity index (χ2n) is 4.14. The first-order valence-corrected chi connectivity index (χ1v) is 6.06. The number of nitrogens with zero attached hydrogens (tertiary/aromatic N) is 1. The second-order valence-corrected chi connectivity index (χ2v) is 4.14. The van der Waals surface area contributed by atoms with Crippen LogP contribution in [0.25, 0.3) is 0 Å². The Bertz CT molecular complexity index is 528. The summed E-state index contributed by atoms with van der Waals surface area (Å²) in [6.45, 7) is 0.722. The lowest BCUT2D eigenvalue weighted by atomic mass is 10.2. The summed E-state index contributed by atoms with van der Waals surface area (Å²) in [5.41, 5.74) is 6.80. The molecule has 0 aliphatic carbocycles. The van der Waals surface area contributed by atoms with Gasteiger partial charge >= 0.3 is 0 Å². The van der Waals surface area contributed by atoms with Crippen LogP contribution in [0.5, 0.6) is 5.75 Å². The van der Waals surface area contributed by atoms with Crippen LogP contribution in [0.2, 0.25) is 0 Å². The molecule has 6 heteroatoms. The molecular weight excluding hydrogens is 247 g/mol. The molecule has 5 nitrogen and oxygen atoms in total. The molecule has 0 aliphatic heterocycles. The minimum absolute atomic E-state index is 0.183. The van der Waals surface area contributed by atoms with E-state index in [4.69, 9.17) is 10.5 Å². The van der Waals surface area contributed by atoms with Crippen LogP contribution in [-0.2, 0) is 6.42 Å². The fraction of sp³-hybridized carbons (Fsp3) is 0.308. The summed E-state index contributed by atoms with van der Waals surface area (Å²) in [4.78, 5) is 7.18. The van der Waals surface area contributed by atoms with E-state index in [0.717, 1.165) is 25.2 Å². The third kappa shape index (κ3) is 3.37. The summed E-state index contributed by atoms with van der Waals surface area (Å²) < 4.78 is 18.3. The third-order valence-electron chi connectivity index (χ3n) is 2.78. The van der Waals surface area contributed by atoms with E-state index >= 15 is 0 Å². The molecule has 0 spiro atoms. The number of ether oxygens (including phenoxy) is 1. The average molecular weight is 264 g/mol. The number of halogens is 1. The summed E-state index contributed by atoms with van der Waals surface area (Å²) in [6, 6.07) is 2.82. The third-order valence-corrected chi connectivity index (χ3v) is 2.78. The Morgan fingerprint density at radius 1 is 1.47 bits per heavy atom. The zero-order valence-corrected chi connectivity index (χ0v) is 10.7. The van der Waals surface area contributed by atoms with E-state index in [9.17, 15) is 4.39 Å². The van der Waals surface area contributed by atoms with Gasteiger partial charge in [-0.15, -0.1) is 0 Å². The molecule has 0 aliphatic rings. The van der Waals surface area contributed by atoms with Crippen molar-refractivity contribution in [2.45, 2.75) is 12.8 Å². The van der Waals surface area contributed by atoms with Crippen molar-refractivity contribution in [1.29, 1.82) is 0 Å². The van der Waals surface area contributed by atoms with Crippen LogP contribution < -0.4 is 15.8 Å². The summed E-state index contributed by atoms with van der Waals surface area (Å²) in [5.74, 6) is 0.676. The molecule has 2 aromatic rings. The number of aromatic nitrogens is 2. The maximum Gasteiger partial charge on any atom is 0.167 e. The maximum atomic E-state index is 13.4. The van der Waals surface area contributed by atoms with Crippen molar-refractivity contribution in [3.8, 4) is 5.75 Å². The van der Waals surface area contributed by atoms with Crippen molar-refractivity contribution in [2.24, 2.45) is 0 Å². The predicted octanol–water partition coefficient (Wildman–Crippen LogP) is 2.18. The van der Waals surface area contributed by atoms with Crippen molar-refractivity contribution in [3.63, 3.8) is 0 Å². The van der Waals surface area contributed by atoms with Gasteiger partial charge in [-0.25, -0.2) is 9.37 Å². The smallest absolute Gasteiger partial charge is 0.167 e. The van der Waals surface area contributed by atoms with Gasteiger partial charge in [0, 0.05) is 37.5 Å². The highest BCUT2D eigenvalue weighted by atomic mass is 19.1. The monoisotopic (exact) mass is 264 g/mol. The average Bonchev–Trinajstić information content (AvgIpc) is 2.90. The molecule has 0 fully saturated rings. The normalized spacial score (nSPS) is 10.4. The first-order valence-electron chi connectivity index (χ1n) is 6.06. The molecule has 0 radical (unpaired) electrons. The number of nitrogen functional groups attached to an aromatic ring is 1. The van der Waals surface area contributed by atoms with E-state index in [1.807, 2.05) is 0 Å². The quantitative estimate of drug-likeness (QED) is 0.552. The number of benzene rings is 1. The molecule has 0 atom stereocenters. The van der Waals surface area contributed by atoms with Crippen molar-refractivity contribution < 1.29 is 9.13 Å². The highest BCUT2D eigenvalue weighted by Crippen LogP contribution is 2.27. The molecule has 0 saturated carbocycles. The van der Waals surface area contributed by atoms with Gasteiger partial charge in [0.1, 0.15) is 5.82 Å². The Balaban J connectivity index is 1.88. The molecule has 0 amide bonds. The van der Waals surface area contributed by atoms with Crippen LogP contribution in [0.4, 0.5) is 15.8 Å². The fourth-order valence-electron chi connectivity index (χ4n) is 1.79. The van der Waals surface area contributed by atoms with Crippen LogP contribution in [-0.4, -0.2) is 23.6 Å². The number of imidazole rings is 1. The number of hydrogen-bond acceptors (Lipinski definition) is 4. The summed E-state index contributed by atoms with van der Waals surface area (Å²) >= 11 is 0. The number of nitrogens with one attached hydrogen (secondary N) is 2. The van der Waals surface area contributed by atoms with E-state index in [1.165, 1.54) is 13.2 Å². The molecule has 0 bridgehead atoms. The molecule has 0 saturated heterocycles. The van der Waals surface area contributed by atoms with Gasteiger partial charge in [-0.1, -0.05) is 0 Å². The molecule has 19 heavy (non-hydrogen) atoms. The summed E-state index contributed by atoms with van der Waals surface area (Å²) in [6.07, 6.45) is 5.27. The number of H-pyrrole nitrogens is 1. The highest BCUT2D eigenvalue weighted by Gasteiger charge is 2.07. The zero-order valence-electron chi connectivity index (χ0n) is 10.7. The van der Waals surface area contributed by atoms with Crippen molar-refractivity contribution in [3.05, 3.63) is 36.2 Å². The first-order chi connectivity index (χ1) is 9.20. The van der Waals surface area contributed by atoms with Gasteiger partial charge in [-0.05, 0) is 6.42 Å². The lowest BCUT2D eigenvalue weighted by Gasteiger charge is -2.11. The first kappa shape index (κ1) is 13.2. The van der Waals surface area contributed by atoms with Gasteiger partial charge in [0.05, 0.1) is 18.5 Å². The van der Waals surface area contributed by atoms with Gasteiger partial charge in [0.2, 0.25) is 0 Å². The molecule has 1 aromatic heterocycles. The predicted molar refractivity (Wildman–Crippen MR) is 72.8 cm³/mol. The standard InChI is InChI=1S/C13H17FN4O/c1-19-12-8-11(10(15)7-9(12)14)16-4-2-3-13-17-5-6-18-13/h5-8,16H,2-4,15H2,1H3,(H,17,18). The van der Waals surface area contributed by atoms with Crippen LogP contribution in [0, 0.1) is 5.82 Å². The van der Waals surface area contributed by atoms with Crippen molar-refractivity contribution >= 4 is 11.4 Å². The number of nitrogens with two attached hydrogens (primary N) is 1. The van der Waals surface area contributed by atoms with Gasteiger partial charge in [0.15, 0.2) is 11.6 Å². The van der Waals surface area contributed by atoms with Crippen LogP contribution in [0.1, 0.15) is 12.2 Å². The minimum atomic E-state index is -0.457. The van der Waals surface area contributed by atoms with Crippen LogP contribution >= 0.6 is 0 Å². The number of aromatic amines is 1. The maximum absolute atomic E-state index is 13.4. The van der Waals surface area contributed by atoms with E-state index in [1.54, 1.807) is 18.5 Å². The zero-order chi connectivity index (χ0) is 13.7. The lowest BCUT2D eigenvalue weighted by Crippen LogP contribution is -2.06. The number of anilines is 2. The number of aryl methyl sites for hydroxylation is 1. The molecule has 0 unspecified atom stereocenters. The molecule has 1 aromatic carbocycles. The van der Waals surface area contributed by atoms with E-state index in [0.29, 0.717) is 11.4 Å². The van der Waals surface area contributed by atoms with Gasteiger partial charge in [-0.2, -0.15) is 0 Å². The largest absolute Gasteiger partial charge is 0.494 e. The molecular formula is C13H17FN4O. The van der Waals surface area contributed by atoms with E-state index in [-0.39, 0.29) is 5.75 Å². The fourth-order valence-corrected chi connectivity index (χ4v) is 1.79. The van der Waals surface area contributed by atoms with E-state index in [2.05, 4.69) is 15.3 Å². The Kier molecular flexibility index (Phi) is 4.22. The molecule has 1 heterocycles. The summed E-state index contributed by atoms with van der Waals surface area (Å²) in [5, 5.41) is 3.16. The van der Waals surface area contributed by atoms with Crippen molar-refractivity contribution in [2.75, 3.05) is 24.7 Å². The second kappa shape index (κ2) is 6.08. The number of hydrogen-bond donors (Lipinski definition) is 3. The Hall–Kier alpha value is -2.24. The Morgan fingerprint density at radius 3 is 3.00 bits per heavy atom. The van der Waals surface area contributed by atoms with E-state index < -0.39 is 5.82 Å². The van der Waals surface area contributed by atoms with Crippen LogP contribution in [0.3, 0.4) is 0 Å². The molecule has 4 N–H and O–H groups in total. The van der Waals surface area contributed by atoms with Crippen LogP contribution in [0.15, 0.2) is 24.5 Å². The Labute approximate surface area is 111 Å². The van der Waals surface area contributed by atoms with Crippen molar-refractivity contribution in [1.82, 2.24) is 9.97 Å². The SMILES string of the molecule is COc1cc(NCCCc2ncc[nH]2)c(N)cc1F. The number of methoxy groups -OCH3 is 1. The highest BCUT2D eigenvalue weighted by molar-refractivity contribution is 5.68. The topological polar surface area (TPSA) is 76.0 Å². The Morgan fingerprint density at radius 2 is 2.32 bits per heavy atom. The number of rotatable bonds is 6. The minimum Gasteiger partial charge on any atom is -0.494 e. The molecule has 2 rings (SSSR count). The van der Waals surface area contributed by atoms with Gasteiger partial charge in [0.25, 0.3) is 0 Å². The molecule has 102 valence electrons. The van der Waals surface area contributed by atoms with Gasteiger partial charge < -0.3 is 20.8 Å². The van der Waals surface area contributed by atoms with Gasteiger partial charge in [-0.3, -0.25) is 0 Å². The summed E-state index contributed by atoms with van der Waals surface area (Å²) in [7, 11) is 1.43. The lowest BCUT2D eigenvalue weighted by molar-refractivity contribution is 0.387.